The Balaban J connectivity index is 1.76. The van der Waals surface area contributed by atoms with E-state index in [0.29, 0.717) is 11.2 Å². The minimum absolute atomic E-state index is 0.312. The van der Waals surface area contributed by atoms with Gasteiger partial charge in [0.25, 0.3) is 0 Å². The van der Waals surface area contributed by atoms with Gasteiger partial charge in [0.05, 0.1) is 6.10 Å². The summed E-state index contributed by atoms with van der Waals surface area (Å²) in [5.74, 6) is 0. The molecule has 4 heteroatoms. The molecule has 1 aromatic carbocycles. The summed E-state index contributed by atoms with van der Waals surface area (Å²) in [7, 11) is 0. The molecule has 0 aromatic heterocycles. The van der Waals surface area contributed by atoms with Crippen LogP contribution in [0.3, 0.4) is 0 Å². The number of hydrogen-bond acceptors (Lipinski definition) is 2. The summed E-state index contributed by atoms with van der Waals surface area (Å²) in [5.41, 5.74) is 2.24. The van der Waals surface area contributed by atoms with Gasteiger partial charge in [-0.05, 0) is 49.7 Å². The van der Waals surface area contributed by atoms with Gasteiger partial charge in [-0.25, -0.2) is 0 Å². The molecule has 1 atom stereocenters. The third-order valence-corrected chi connectivity index (χ3v) is 3.04. The lowest BCUT2D eigenvalue weighted by atomic mass is 10.2. The Bertz CT molecular complexity index is 389. The second kappa shape index (κ2) is 5.98. The zero-order valence-electron chi connectivity index (χ0n) is 10.0. The number of benzene rings is 1. The third-order valence-electron chi connectivity index (χ3n) is 2.79. The smallest absolute Gasteiger partial charge is 0.170 e. The van der Waals surface area contributed by atoms with Gasteiger partial charge < -0.3 is 15.4 Å². The highest BCUT2D eigenvalue weighted by molar-refractivity contribution is 7.80. The van der Waals surface area contributed by atoms with Crippen LogP contribution >= 0.6 is 12.2 Å². The van der Waals surface area contributed by atoms with Crippen molar-refractivity contribution in [1.29, 1.82) is 0 Å². The van der Waals surface area contributed by atoms with Crippen LogP contribution < -0.4 is 10.6 Å². The minimum atomic E-state index is 0.312. The van der Waals surface area contributed by atoms with E-state index in [4.69, 9.17) is 17.0 Å². The molecule has 2 N–H and O–H groups in total. The number of ether oxygens (including phenoxy) is 1. The molecular formula is C13H18N2OS. The Morgan fingerprint density at radius 3 is 3.12 bits per heavy atom. The van der Waals surface area contributed by atoms with Crippen LogP contribution in [0.4, 0.5) is 5.69 Å². The van der Waals surface area contributed by atoms with Crippen LogP contribution in [0.5, 0.6) is 0 Å². The van der Waals surface area contributed by atoms with E-state index in [0.717, 1.165) is 31.7 Å². The molecule has 92 valence electrons. The molecule has 0 aliphatic carbocycles. The summed E-state index contributed by atoms with van der Waals surface area (Å²) in [5, 5.41) is 7.02. The zero-order chi connectivity index (χ0) is 12.1. The normalized spacial score (nSPS) is 19.0. The molecule has 1 aliphatic heterocycles. The van der Waals surface area contributed by atoms with Crippen molar-refractivity contribution >= 4 is 23.0 Å². The van der Waals surface area contributed by atoms with Gasteiger partial charge in [0, 0.05) is 18.8 Å². The average Bonchev–Trinajstić information content (AvgIpc) is 2.79. The molecule has 0 bridgehead atoms. The maximum Gasteiger partial charge on any atom is 0.170 e. The topological polar surface area (TPSA) is 33.3 Å². The van der Waals surface area contributed by atoms with E-state index in [1.54, 1.807) is 0 Å². The summed E-state index contributed by atoms with van der Waals surface area (Å²) in [4.78, 5) is 0. The second-order valence-corrected chi connectivity index (χ2v) is 4.75. The van der Waals surface area contributed by atoms with Gasteiger partial charge in [0.15, 0.2) is 5.11 Å². The number of thiocarbonyl (C=S) groups is 1. The van der Waals surface area contributed by atoms with Crippen molar-refractivity contribution in [3.63, 3.8) is 0 Å². The van der Waals surface area contributed by atoms with Crippen molar-refractivity contribution < 1.29 is 4.74 Å². The molecule has 1 aliphatic rings. The Kier molecular flexibility index (Phi) is 4.34. The molecule has 0 radical (unpaired) electrons. The molecule has 1 saturated heterocycles. The molecular weight excluding hydrogens is 232 g/mol. The van der Waals surface area contributed by atoms with Crippen molar-refractivity contribution in [2.75, 3.05) is 18.5 Å². The third kappa shape index (κ3) is 3.98. The standard InChI is InChI=1S/C13H18N2OS/c1-10-4-2-5-11(8-10)15-13(17)14-9-12-6-3-7-16-12/h2,4-5,8,12H,3,6-7,9H2,1H3,(H2,14,15,17)/t12-/m1/s1. The minimum Gasteiger partial charge on any atom is -0.376 e. The molecule has 1 heterocycles. The highest BCUT2D eigenvalue weighted by atomic mass is 32.1. The van der Waals surface area contributed by atoms with Crippen molar-refractivity contribution in [2.24, 2.45) is 0 Å². The van der Waals surface area contributed by atoms with Crippen LogP contribution in [0.25, 0.3) is 0 Å². The molecule has 17 heavy (non-hydrogen) atoms. The Labute approximate surface area is 108 Å². The Hall–Kier alpha value is -1.13. The van der Waals surface area contributed by atoms with E-state index in [1.807, 2.05) is 12.1 Å². The Morgan fingerprint density at radius 2 is 2.41 bits per heavy atom. The molecule has 0 spiro atoms. The van der Waals surface area contributed by atoms with E-state index < -0.39 is 0 Å². The maximum atomic E-state index is 5.52. The first-order valence-electron chi connectivity index (χ1n) is 5.97. The first kappa shape index (κ1) is 12.3. The first-order chi connectivity index (χ1) is 8.24. The molecule has 0 unspecified atom stereocenters. The summed E-state index contributed by atoms with van der Waals surface area (Å²) < 4.78 is 5.52. The molecule has 1 fully saturated rings. The van der Waals surface area contributed by atoms with Crippen LogP contribution in [0.1, 0.15) is 18.4 Å². The molecule has 1 aromatic rings. The summed E-state index contributed by atoms with van der Waals surface area (Å²) in [6.07, 6.45) is 2.59. The van der Waals surface area contributed by atoms with Crippen molar-refractivity contribution in [3.8, 4) is 0 Å². The van der Waals surface area contributed by atoms with Gasteiger partial charge in [-0.2, -0.15) is 0 Å². The molecule has 0 saturated carbocycles. The summed E-state index contributed by atoms with van der Waals surface area (Å²) in [6, 6.07) is 8.15. The lowest BCUT2D eigenvalue weighted by Crippen LogP contribution is -2.34. The number of aryl methyl sites for hydroxylation is 1. The van der Waals surface area contributed by atoms with Crippen molar-refractivity contribution in [1.82, 2.24) is 5.32 Å². The number of rotatable bonds is 3. The molecule has 3 nitrogen and oxygen atoms in total. The van der Waals surface area contributed by atoms with Crippen LogP contribution in [0.15, 0.2) is 24.3 Å². The lowest BCUT2D eigenvalue weighted by molar-refractivity contribution is 0.114. The van der Waals surface area contributed by atoms with E-state index >= 15 is 0 Å². The fourth-order valence-corrected chi connectivity index (χ4v) is 2.11. The number of anilines is 1. The van der Waals surface area contributed by atoms with E-state index in [1.165, 1.54) is 5.56 Å². The molecule has 0 amide bonds. The van der Waals surface area contributed by atoms with Gasteiger partial charge in [-0.3, -0.25) is 0 Å². The van der Waals surface area contributed by atoms with E-state index in [9.17, 15) is 0 Å². The van der Waals surface area contributed by atoms with Gasteiger partial charge in [0.2, 0.25) is 0 Å². The quantitative estimate of drug-likeness (QED) is 0.807. The monoisotopic (exact) mass is 250 g/mol. The number of nitrogens with one attached hydrogen (secondary N) is 2. The Morgan fingerprint density at radius 1 is 1.53 bits per heavy atom. The largest absolute Gasteiger partial charge is 0.376 e. The highest BCUT2D eigenvalue weighted by Crippen LogP contribution is 2.11. The van der Waals surface area contributed by atoms with E-state index in [-0.39, 0.29) is 0 Å². The predicted molar refractivity (Wildman–Crippen MR) is 74.4 cm³/mol. The highest BCUT2D eigenvalue weighted by Gasteiger charge is 2.15. The first-order valence-corrected chi connectivity index (χ1v) is 6.38. The maximum absolute atomic E-state index is 5.52. The van der Waals surface area contributed by atoms with Crippen molar-refractivity contribution in [3.05, 3.63) is 29.8 Å². The van der Waals surface area contributed by atoms with Gasteiger partial charge in [0.1, 0.15) is 0 Å². The van der Waals surface area contributed by atoms with Gasteiger partial charge >= 0.3 is 0 Å². The average molecular weight is 250 g/mol. The summed E-state index contributed by atoms with van der Waals surface area (Å²) in [6.45, 7) is 3.73. The summed E-state index contributed by atoms with van der Waals surface area (Å²) >= 11 is 5.24. The lowest BCUT2D eigenvalue weighted by Gasteiger charge is -2.14. The van der Waals surface area contributed by atoms with Crippen LogP contribution in [0.2, 0.25) is 0 Å². The fraction of sp³-hybridized carbons (Fsp3) is 0.462. The van der Waals surface area contributed by atoms with E-state index in [2.05, 4.69) is 29.7 Å². The number of hydrogen-bond donors (Lipinski definition) is 2. The molecule has 2 rings (SSSR count). The predicted octanol–water partition coefficient (Wildman–Crippen LogP) is 2.46. The fourth-order valence-electron chi connectivity index (χ4n) is 1.91. The van der Waals surface area contributed by atoms with Gasteiger partial charge in [-0.15, -0.1) is 0 Å². The zero-order valence-corrected chi connectivity index (χ0v) is 10.8. The van der Waals surface area contributed by atoms with Crippen molar-refractivity contribution in [2.45, 2.75) is 25.9 Å². The van der Waals surface area contributed by atoms with Crippen LogP contribution in [0, 0.1) is 6.92 Å². The second-order valence-electron chi connectivity index (χ2n) is 4.34. The van der Waals surface area contributed by atoms with Crippen LogP contribution in [-0.4, -0.2) is 24.4 Å². The van der Waals surface area contributed by atoms with Gasteiger partial charge in [-0.1, -0.05) is 12.1 Å². The van der Waals surface area contributed by atoms with Crippen LogP contribution in [-0.2, 0) is 4.74 Å². The SMILES string of the molecule is Cc1cccc(NC(=S)NC[C@H]2CCCO2)c1.